The Morgan fingerprint density at radius 1 is 1.31 bits per heavy atom. The molecule has 1 unspecified atom stereocenters. The van der Waals surface area contributed by atoms with Crippen molar-refractivity contribution in [2.75, 3.05) is 28.8 Å². The molecule has 134 valence electrons. The van der Waals surface area contributed by atoms with Crippen LogP contribution >= 0.6 is 0 Å². The molecule has 1 N–H and O–H groups in total. The number of anilines is 2. The Hall–Kier alpha value is -2.99. The summed E-state index contributed by atoms with van der Waals surface area (Å²) in [7, 11) is -1.30. The fourth-order valence-corrected chi connectivity index (χ4v) is 4.49. The Morgan fingerprint density at radius 2 is 2.04 bits per heavy atom. The molecule has 8 nitrogen and oxygen atoms in total. The molecule has 1 saturated heterocycles. The van der Waals surface area contributed by atoms with Crippen molar-refractivity contribution >= 4 is 27.4 Å². The number of nitrogens with one attached hydrogen (secondary N) is 1. The van der Waals surface area contributed by atoms with Crippen molar-refractivity contribution in [3.8, 4) is 6.07 Å². The van der Waals surface area contributed by atoms with Crippen LogP contribution in [0.1, 0.15) is 22.5 Å². The van der Waals surface area contributed by atoms with Crippen LogP contribution < -0.4 is 10.2 Å². The summed E-state index contributed by atoms with van der Waals surface area (Å²) in [6.45, 7) is 0. The molecule has 1 atom stereocenters. The lowest BCUT2D eigenvalue weighted by molar-refractivity contribution is 0.102. The lowest BCUT2D eigenvalue weighted by Gasteiger charge is -2.23. The third kappa shape index (κ3) is 3.97. The van der Waals surface area contributed by atoms with E-state index in [1.807, 2.05) is 6.07 Å². The van der Waals surface area contributed by atoms with Crippen molar-refractivity contribution < 1.29 is 13.2 Å². The van der Waals surface area contributed by atoms with Crippen LogP contribution in [-0.2, 0) is 9.84 Å². The highest BCUT2D eigenvalue weighted by atomic mass is 32.2. The molecule has 1 fully saturated rings. The quantitative estimate of drug-likeness (QED) is 0.859. The second-order valence-corrected chi connectivity index (χ2v) is 8.28. The predicted molar refractivity (Wildman–Crippen MR) is 96.6 cm³/mol. The molecule has 1 amide bonds. The standard InChI is InChI=1S/C17H17N5O3S/c1-22(14-7-9-26(24,25)11-14)17-19-8-6-15(21-17)16(23)20-13-4-2-12(10-18)3-5-13/h2-6,8,14H,7,9,11H2,1H3,(H,20,23). The number of hydrogen-bond donors (Lipinski definition) is 1. The van der Waals surface area contributed by atoms with Crippen molar-refractivity contribution in [3.63, 3.8) is 0 Å². The molecule has 0 radical (unpaired) electrons. The summed E-state index contributed by atoms with van der Waals surface area (Å²) in [4.78, 5) is 22.5. The molecule has 1 aliphatic rings. The maximum absolute atomic E-state index is 12.4. The largest absolute Gasteiger partial charge is 0.340 e. The molecule has 26 heavy (non-hydrogen) atoms. The molecule has 0 saturated carbocycles. The number of amides is 1. The van der Waals surface area contributed by atoms with Crippen LogP contribution in [0.25, 0.3) is 0 Å². The zero-order valence-corrected chi connectivity index (χ0v) is 14.9. The summed E-state index contributed by atoms with van der Waals surface area (Å²) in [5, 5.41) is 11.5. The van der Waals surface area contributed by atoms with Gasteiger partial charge in [0.05, 0.1) is 23.1 Å². The van der Waals surface area contributed by atoms with Crippen molar-refractivity contribution in [1.29, 1.82) is 5.26 Å². The van der Waals surface area contributed by atoms with E-state index in [0.717, 1.165) is 0 Å². The fraction of sp³-hybridized carbons (Fsp3) is 0.294. The van der Waals surface area contributed by atoms with Gasteiger partial charge in [0, 0.05) is 25.0 Å². The van der Waals surface area contributed by atoms with Crippen LogP contribution in [0.3, 0.4) is 0 Å². The Bertz CT molecular complexity index is 967. The third-order valence-electron chi connectivity index (χ3n) is 4.22. The third-order valence-corrected chi connectivity index (χ3v) is 5.97. The van der Waals surface area contributed by atoms with Gasteiger partial charge < -0.3 is 10.2 Å². The molecular weight excluding hydrogens is 354 g/mol. The molecule has 0 aliphatic carbocycles. The Kier molecular flexibility index (Phi) is 4.86. The average Bonchev–Trinajstić information content (AvgIpc) is 3.01. The molecule has 3 rings (SSSR count). The number of benzene rings is 1. The summed E-state index contributed by atoms with van der Waals surface area (Å²) in [6, 6.07) is 9.78. The van der Waals surface area contributed by atoms with Gasteiger partial charge in [-0.15, -0.1) is 0 Å². The number of nitrogens with zero attached hydrogens (tertiary/aromatic N) is 4. The summed E-state index contributed by atoms with van der Waals surface area (Å²) in [5.41, 5.74) is 1.22. The predicted octanol–water partition coefficient (Wildman–Crippen LogP) is 1.22. The molecule has 2 aromatic rings. The number of hydrogen-bond acceptors (Lipinski definition) is 7. The summed E-state index contributed by atoms with van der Waals surface area (Å²) >= 11 is 0. The zero-order chi connectivity index (χ0) is 18.7. The monoisotopic (exact) mass is 371 g/mol. The van der Waals surface area contributed by atoms with Gasteiger partial charge in [-0.05, 0) is 36.8 Å². The van der Waals surface area contributed by atoms with Crippen LogP contribution in [0, 0.1) is 11.3 Å². The molecule has 1 aliphatic heterocycles. The van der Waals surface area contributed by atoms with E-state index in [9.17, 15) is 13.2 Å². The minimum Gasteiger partial charge on any atom is -0.340 e. The second kappa shape index (κ2) is 7.09. The van der Waals surface area contributed by atoms with E-state index >= 15 is 0 Å². The van der Waals surface area contributed by atoms with Gasteiger partial charge in [-0.1, -0.05) is 0 Å². The molecule has 0 spiro atoms. The van der Waals surface area contributed by atoms with Gasteiger partial charge in [0.25, 0.3) is 5.91 Å². The highest BCUT2D eigenvalue weighted by Crippen LogP contribution is 2.20. The van der Waals surface area contributed by atoms with Crippen molar-refractivity contribution in [3.05, 3.63) is 47.8 Å². The molecule has 1 aromatic heterocycles. The number of rotatable bonds is 4. The fourth-order valence-electron chi connectivity index (χ4n) is 2.71. The number of aromatic nitrogens is 2. The van der Waals surface area contributed by atoms with Gasteiger partial charge in [0.2, 0.25) is 5.95 Å². The SMILES string of the molecule is CN(c1nccc(C(=O)Nc2ccc(C#N)cc2)n1)C1CCS(=O)(=O)C1. The van der Waals surface area contributed by atoms with Gasteiger partial charge in [0.1, 0.15) is 5.69 Å². The molecular formula is C17H17N5O3S. The van der Waals surface area contributed by atoms with Crippen LogP contribution in [0.15, 0.2) is 36.5 Å². The topological polar surface area (TPSA) is 116 Å². The zero-order valence-electron chi connectivity index (χ0n) is 14.1. The van der Waals surface area contributed by atoms with Gasteiger partial charge in [-0.25, -0.2) is 18.4 Å². The molecule has 9 heteroatoms. The lowest BCUT2D eigenvalue weighted by atomic mass is 10.2. The number of nitriles is 1. The second-order valence-electron chi connectivity index (χ2n) is 6.05. The van der Waals surface area contributed by atoms with Crippen LogP contribution in [0.4, 0.5) is 11.6 Å². The first-order valence-corrected chi connectivity index (χ1v) is 9.78. The Morgan fingerprint density at radius 3 is 2.65 bits per heavy atom. The van der Waals surface area contributed by atoms with Crippen molar-refractivity contribution in [2.45, 2.75) is 12.5 Å². The first kappa shape index (κ1) is 17.8. The summed E-state index contributed by atoms with van der Waals surface area (Å²) in [5.74, 6) is 0.112. The number of carbonyl (C=O) groups excluding carboxylic acids is 1. The molecule has 1 aromatic carbocycles. The smallest absolute Gasteiger partial charge is 0.274 e. The first-order valence-electron chi connectivity index (χ1n) is 7.96. The van der Waals surface area contributed by atoms with Crippen molar-refractivity contribution in [1.82, 2.24) is 9.97 Å². The average molecular weight is 371 g/mol. The van der Waals surface area contributed by atoms with Gasteiger partial charge in [-0.2, -0.15) is 5.26 Å². The van der Waals surface area contributed by atoms with E-state index in [1.54, 1.807) is 36.2 Å². The van der Waals surface area contributed by atoms with Crippen LogP contribution in [0.2, 0.25) is 0 Å². The summed E-state index contributed by atoms with van der Waals surface area (Å²) < 4.78 is 23.3. The highest BCUT2D eigenvalue weighted by molar-refractivity contribution is 7.91. The van der Waals surface area contributed by atoms with Crippen LogP contribution in [-0.4, -0.2) is 48.9 Å². The minimum absolute atomic E-state index is 0.0640. The summed E-state index contributed by atoms with van der Waals surface area (Å²) in [6.07, 6.45) is 1.99. The number of sulfone groups is 1. The van der Waals surface area contributed by atoms with Gasteiger partial charge in [0.15, 0.2) is 9.84 Å². The first-order chi connectivity index (χ1) is 12.4. The Labute approximate surface area is 151 Å². The van der Waals surface area contributed by atoms with E-state index in [1.165, 1.54) is 12.3 Å². The van der Waals surface area contributed by atoms with E-state index < -0.39 is 15.7 Å². The van der Waals surface area contributed by atoms with Gasteiger partial charge in [-0.3, -0.25) is 4.79 Å². The number of carbonyl (C=O) groups is 1. The van der Waals surface area contributed by atoms with E-state index in [-0.39, 0.29) is 23.2 Å². The van der Waals surface area contributed by atoms with Crippen LogP contribution in [0.5, 0.6) is 0 Å². The lowest BCUT2D eigenvalue weighted by Crippen LogP contribution is -2.34. The minimum atomic E-state index is -3.02. The Balaban J connectivity index is 1.73. The maximum Gasteiger partial charge on any atom is 0.274 e. The normalized spacial score (nSPS) is 18.1. The van der Waals surface area contributed by atoms with E-state index in [0.29, 0.717) is 23.6 Å². The maximum atomic E-state index is 12.4. The van der Waals surface area contributed by atoms with Gasteiger partial charge >= 0.3 is 0 Å². The highest BCUT2D eigenvalue weighted by Gasteiger charge is 2.31. The van der Waals surface area contributed by atoms with E-state index in [4.69, 9.17) is 5.26 Å². The van der Waals surface area contributed by atoms with E-state index in [2.05, 4.69) is 15.3 Å². The molecule has 0 bridgehead atoms. The molecule has 2 heterocycles. The van der Waals surface area contributed by atoms with Crippen molar-refractivity contribution in [2.24, 2.45) is 0 Å².